The number of hydrogen-bond donors (Lipinski definition) is 2. The highest BCUT2D eigenvalue weighted by atomic mass is 35.5. The number of aldehydes is 1. The number of carbonyl (C=O) groups excluding carboxylic acids is 1. The van der Waals surface area contributed by atoms with E-state index >= 15 is 0 Å². The van der Waals surface area contributed by atoms with Gasteiger partial charge in [0.15, 0.2) is 11.5 Å². The van der Waals surface area contributed by atoms with E-state index in [-0.39, 0.29) is 6.04 Å². The molecule has 0 radical (unpaired) electrons. The number of nitrogens with zero attached hydrogens (tertiary/aromatic N) is 6. The number of nitrogens with one attached hydrogen (secondary N) is 2. The first-order chi connectivity index (χ1) is 15.2. The molecule has 0 saturated carbocycles. The van der Waals surface area contributed by atoms with Crippen molar-refractivity contribution in [3.63, 3.8) is 0 Å². The molecule has 0 amide bonds. The zero-order chi connectivity index (χ0) is 21.2. The fraction of sp³-hybridized carbons (Fsp3) is 0.190. The molecule has 1 aromatic carbocycles. The van der Waals surface area contributed by atoms with Gasteiger partial charge in [0.05, 0.1) is 0 Å². The lowest BCUT2D eigenvalue weighted by molar-refractivity contribution is -0.108. The van der Waals surface area contributed by atoms with Gasteiger partial charge in [0.25, 0.3) is 0 Å². The largest absolute Gasteiger partial charge is 0.352 e. The van der Waals surface area contributed by atoms with Crippen LogP contribution in [0.1, 0.15) is 0 Å². The first-order valence-electron chi connectivity index (χ1n) is 9.82. The van der Waals surface area contributed by atoms with E-state index in [1.165, 1.54) is 6.33 Å². The minimum Gasteiger partial charge on any atom is -0.352 e. The number of aromatic amines is 1. The molecule has 3 aromatic heterocycles. The molecule has 0 aliphatic carbocycles. The molecule has 4 aromatic rings. The number of hydrogen-bond acceptors (Lipinski definition) is 8. The maximum atomic E-state index is 12.0. The van der Waals surface area contributed by atoms with Crippen LogP contribution in [0, 0.1) is 0 Å². The molecule has 10 heteroatoms. The fourth-order valence-electron chi connectivity index (χ4n) is 3.79. The standard InChI is InChI=1S/C21H19ClN8O/c22-14-4-3-5-15(10-14)26-19-18-20(25-13-24-19)27-28-21(18)30-9-8-29(11-16(30)12-31)17-6-1-2-7-23-17/h1-7,10,12-13,16H,8-9,11H2,(H2,24,25,26,27,28). The van der Waals surface area contributed by atoms with Gasteiger partial charge in [-0.25, -0.2) is 15.0 Å². The highest BCUT2D eigenvalue weighted by molar-refractivity contribution is 6.30. The number of halogens is 1. The monoisotopic (exact) mass is 434 g/mol. The van der Waals surface area contributed by atoms with Crippen LogP contribution < -0.4 is 15.1 Å². The highest BCUT2D eigenvalue weighted by Gasteiger charge is 2.31. The van der Waals surface area contributed by atoms with Gasteiger partial charge in [0, 0.05) is 36.5 Å². The number of benzene rings is 1. The molecule has 4 heterocycles. The number of rotatable bonds is 5. The van der Waals surface area contributed by atoms with Crippen molar-refractivity contribution in [1.82, 2.24) is 25.1 Å². The van der Waals surface area contributed by atoms with Crippen molar-refractivity contribution >= 4 is 52.1 Å². The lowest BCUT2D eigenvalue weighted by Crippen LogP contribution is -2.54. The van der Waals surface area contributed by atoms with E-state index in [1.807, 2.05) is 41.3 Å². The van der Waals surface area contributed by atoms with Crippen LogP contribution in [0.4, 0.5) is 23.1 Å². The van der Waals surface area contributed by atoms with Crippen LogP contribution in [0.15, 0.2) is 55.0 Å². The first-order valence-corrected chi connectivity index (χ1v) is 10.2. The Morgan fingerprint density at radius 1 is 1.13 bits per heavy atom. The molecule has 9 nitrogen and oxygen atoms in total. The average Bonchev–Trinajstić information content (AvgIpc) is 3.24. The fourth-order valence-corrected chi connectivity index (χ4v) is 3.98. The molecule has 0 bridgehead atoms. The molecule has 1 unspecified atom stereocenters. The molecule has 156 valence electrons. The summed E-state index contributed by atoms with van der Waals surface area (Å²) in [5, 5.41) is 12.1. The Bertz CT molecular complexity index is 1210. The molecule has 2 N–H and O–H groups in total. The minimum absolute atomic E-state index is 0.388. The van der Waals surface area contributed by atoms with E-state index in [1.54, 1.807) is 12.3 Å². The molecule has 5 rings (SSSR count). The first kappa shape index (κ1) is 19.3. The number of anilines is 4. The van der Waals surface area contributed by atoms with Gasteiger partial charge in [-0.2, -0.15) is 5.10 Å². The number of carbonyl (C=O) groups is 1. The Morgan fingerprint density at radius 2 is 2.06 bits per heavy atom. The molecule has 0 spiro atoms. The van der Waals surface area contributed by atoms with Gasteiger partial charge in [-0.05, 0) is 30.3 Å². The van der Waals surface area contributed by atoms with Crippen molar-refractivity contribution in [2.45, 2.75) is 6.04 Å². The van der Waals surface area contributed by atoms with Gasteiger partial charge in [-0.1, -0.05) is 23.7 Å². The number of aromatic nitrogens is 5. The third-order valence-electron chi connectivity index (χ3n) is 5.25. The molecular formula is C21H19ClN8O. The lowest BCUT2D eigenvalue weighted by atomic mass is 10.1. The third-order valence-corrected chi connectivity index (χ3v) is 5.48. The summed E-state index contributed by atoms with van der Waals surface area (Å²) in [7, 11) is 0. The van der Waals surface area contributed by atoms with Crippen LogP contribution in [-0.2, 0) is 4.79 Å². The number of pyridine rings is 1. The number of fused-ring (bicyclic) bond motifs is 1. The highest BCUT2D eigenvalue weighted by Crippen LogP contribution is 2.32. The molecule has 31 heavy (non-hydrogen) atoms. The molecule has 1 fully saturated rings. The molecule has 1 atom stereocenters. The van der Waals surface area contributed by atoms with E-state index in [9.17, 15) is 4.79 Å². The number of piperazine rings is 1. The lowest BCUT2D eigenvalue weighted by Gasteiger charge is -2.39. The third kappa shape index (κ3) is 3.75. The van der Waals surface area contributed by atoms with Gasteiger partial charge in [-0.3, -0.25) is 5.10 Å². The number of H-pyrrole nitrogens is 1. The second-order valence-corrected chi connectivity index (χ2v) is 7.60. The van der Waals surface area contributed by atoms with Crippen molar-refractivity contribution in [3.8, 4) is 0 Å². The maximum Gasteiger partial charge on any atom is 0.164 e. The molecule has 1 saturated heterocycles. The summed E-state index contributed by atoms with van der Waals surface area (Å²) in [4.78, 5) is 29.2. The topological polar surface area (TPSA) is 103 Å². The Balaban J connectivity index is 1.48. The Labute approximate surface area is 183 Å². The normalized spacial score (nSPS) is 16.5. The van der Waals surface area contributed by atoms with Gasteiger partial charge in [0.2, 0.25) is 0 Å². The van der Waals surface area contributed by atoms with Gasteiger partial charge in [0.1, 0.15) is 35.7 Å². The summed E-state index contributed by atoms with van der Waals surface area (Å²) in [5.41, 5.74) is 1.39. The predicted molar refractivity (Wildman–Crippen MR) is 120 cm³/mol. The van der Waals surface area contributed by atoms with Crippen molar-refractivity contribution in [2.24, 2.45) is 0 Å². The van der Waals surface area contributed by atoms with Crippen molar-refractivity contribution in [3.05, 3.63) is 60.0 Å². The van der Waals surface area contributed by atoms with Crippen molar-refractivity contribution in [2.75, 3.05) is 34.8 Å². The van der Waals surface area contributed by atoms with E-state index in [0.717, 1.165) is 23.2 Å². The maximum absolute atomic E-state index is 12.0. The Hall–Kier alpha value is -3.72. The van der Waals surface area contributed by atoms with E-state index in [2.05, 4.69) is 35.4 Å². The van der Waals surface area contributed by atoms with Crippen LogP contribution in [0.25, 0.3) is 11.0 Å². The van der Waals surface area contributed by atoms with E-state index < -0.39 is 0 Å². The second-order valence-electron chi connectivity index (χ2n) is 7.16. The van der Waals surface area contributed by atoms with Gasteiger partial charge < -0.3 is 19.9 Å². The van der Waals surface area contributed by atoms with Crippen LogP contribution in [-0.4, -0.2) is 57.1 Å². The summed E-state index contributed by atoms with van der Waals surface area (Å²) in [6.07, 6.45) is 4.17. The van der Waals surface area contributed by atoms with Crippen LogP contribution in [0.2, 0.25) is 5.02 Å². The van der Waals surface area contributed by atoms with Crippen LogP contribution in [0.3, 0.4) is 0 Å². The summed E-state index contributed by atoms with van der Waals surface area (Å²) < 4.78 is 0. The van der Waals surface area contributed by atoms with Crippen molar-refractivity contribution < 1.29 is 4.79 Å². The predicted octanol–water partition coefficient (Wildman–Crippen LogP) is 3.04. The van der Waals surface area contributed by atoms with E-state index in [0.29, 0.717) is 41.9 Å². The van der Waals surface area contributed by atoms with Gasteiger partial charge in [-0.15, -0.1) is 0 Å². The summed E-state index contributed by atoms with van der Waals surface area (Å²) in [5.74, 6) is 2.08. The average molecular weight is 435 g/mol. The summed E-state index contributed by atoms with van der Waals surface area (Å²) >= 11 is 6.12. The zero-order valence-electron chi connectivity index (χ0n) is 16.4. The van der Waals surface area contributed by atoms with Crippen LogP contribution >= 0.6 is 11.6 Å². The summed E-state index contributed by atoms with van der Waals surface area (Å²) in [6, 6.07) is 12.8. The summed E-state index contributed by atoms with van der Waals surface area (Å²) in [6.45, 7) is 1.82. The smallest absolute Gasteiger partial charge is 0.164 e. The molecule has 1 aliphatic heterocycles. The SMILES string of the molecule is O=CC1CN(c2ccccn2)CCN1c1n[nH]c2ncnc(Nc3cccc(Cl)c3)c12. The quantitative estimate of drug-likeness (QED) is 0.462. The Morgan fingerprint density at radius 3 is 2.87 bits per heavy atom. The zero-order valence-corrected chi connectivity index (χ0v) is 17.2. The van der Waals surface area contributed by atoms with E-state index in [4.69, 9.17) is 11.6 Å². The van der Waals surface area contributed by atoms with Crippen LogP contribution in [0.5, 0.6) is 0 Å². The van der Waals surface area contributed by atoms with Gasteiger partial charge >= 0.3 is 0 Å². The minimum atomic E-state index is -0.388. The molecule has 1 aliphatic rings. The Kier molecular flexibility index (Phi) is 5.09. The second kappa shape index (κ2) is 8.19. The molecular weight excluding hydrogens is 416 g/mol. The van der Waals surface area contributed by atoms with Crippen molar-refractivity contribution in [1.29, 1.82) is 0 Å².